The zero-order valence-electron chi connectivity index (χ0n) is 17.3. The van der Waals surface area contributed by atoms with E-state index < -0.39 is 0 Å². The van der Waals surface area contributed by atoms with Gasteiger partial charge in [0, 0.05) is 55.6 Å². The number of hydrogen-bond acceptors (Lipinski definition) is 4. The molecule has 0 radical (unpaired) electrons. The molecular weight excluding hydrogens is 398 g/mol. The summed E-state index contributed by atoms with van der Waals surface area (Å²) in [5, 5.41) is 1.70. The molecule has 0 N–H and O–H groups in total. The van der Waals surface area contributed by atoms with Crippen LogP contribution in [0.1, 0.15) is 28.6 Å². The van der Waals surface area contributed by atoms with E-state index in [9.17, 15) is 4.79 Å². The number of fused-ring (bicyclic) bond motifs is 3. The van der Waals surface area contributed by atoms with E-state index in [-0.39, 0.29) is 17.9 Å². The van der Waals surface area contributed by atoms with E-state index in [1.54, 1.807) is 0 Å². The molecule has 1 saturated heterocycles. The number of aromatic nitrogens is 1. The fourth-order valence-electron chi connectivity index (χ4n) is 4.87. The smallest absolute Gasteiger partial charge is 0.182 e. The number of benzene rings is 2. The van der Waals surface area contributed by atoms with Crippen molar-refractivity contribution in [2.45, 2.75) is 18.6 Å². The van der Waals surface area contributed by atoms with E-state index in [1.165, 1.54) is 0 Å². The molecule has 1 aliphatic heterocycles. The summed E-state index contributed by atoms with van der Waals surface area (Å²) < 4.78 is 8.60. The van der Waals surface area contributed by atoms with E-state index in [4.69, 9.17) is 16.3 Å². The lowest BCUT2D eigenvalue weighted by molar-refractivity contribution is 0.0503. The Morgan fingerprint density at radius 3 is 2.40 bits per heavy atom. The maximum absolute atomic E-state index is 13.7. The number of ether oxygens (including phenoxy) is 1. The van der Waals surface area contributed by atoms with Crippen molar-refractivity contribution in [1.29, 1.82) is 0 Å². The second kappa shape index (κ2) is 7.73. The van der Waals surface area contributed by atoms with Crippen LogP contribution in [0.15, 0.2) is 48.5 Å². The number of carbonyl (C=O) groups is 1. The third kappa shape index (κ3) is 3.31. The highest BCUT2D eigenvalue weighted by molar-refractivity contribution is 6.30. The first kappa shape index (κ1) is 19.6. The molecule has 2 heterocycles. The Bertz CT molecular complexity index is 1080. The van der Waals surface area contributed by atoms with Gasteiger partial charge in [0.1, 0.15) is 11.9 Å². The number of likely N-dealkylation sites (N-methyl/N-ethyl adjacent to an activating group) is 1. The average molecular weight is 424 g/mol. The third-order valence-electron chi connectivity index (χ3n) is 6.51. The van der Waals surface area contributed by atoms with Crippen LogP contribution in [0, 0.1) is 0 Å². The second-order valence-electron chi connectivity index (χ2n) is 8.35. The third-order valence-corrected chi connectivity index (χ3v) is 6.77. The molecule has 0 spiro atoms. The van der Waals surface area contributed by atoms with Gasteiger partial charge in [0.05, 0.1) is 17.3 Å². The molecule has 6 heteroatoms. The van der Waals surface area contributed by atoms with Crippen molar-refractivity contribution in [2.75, 3.05) is 33.2 Å². The fraction of sp³-hybridized carbons (Fsp3) is 0.375. The quantitative estimate of drug-likeness (QED) is 0.634. The average Bonchev–Trinajstić information content (AvgIpc) is 3.06. The van der Waals surface area contributed by atoms with Crippen LogP contribution in [0.3, 0.4) is 0 Å². The molecule has 2 atom stereocenters. The number of carbonyl (C=O) groups excluding carboxylic acids is 1. The van der Waals surface area contributed by atoms with Crippen LogP contribution in [-0.2, 0) is 7.05 Å². The van der Waals surface area contributed by atoms with Crippen molar-refractivity contribution in [2.24, 2.45) is 7.05 Å². The zero-order chi connectivity index (χ0) is 20.8. The highest BCUT2D eigenvalue weighted by Crippen LogP contribution is 2.40. The predicted octanol–water partition coefficient (Wildman–Crippen LogP) is 4.15. The lowest BCUT2D eigenvalue weighted by Gasteiger charge is -2.40. The minimum absolute atomic E-state index is 0.158. The first-order valence-corrected chi connectivity index (χ1v) is 10.9. The molecule has 5 nitrogen and oxygen atoms in total. The second-order valence-corrected chi connectivity index (χ2v) is 8.79. The maximum Gasteiger partial charge on any atom is 0.182 e. The standard InChI is InChI=1S/C24H26ClN3O2/c1-26-11-13-28(14-12-26)20-15-21(30-17-9-7-16(25)8-10-17)23-22(24(20)29)18-5-3-4-6-19(18)27(23)2/h3-10,20-21H,11-15H2,1-2H3/t20?,21-/m1/s1. The summed E-state index contributed by atoms with van der Waals surface area (Å²) in [6, 6.07) is 15.5. The zero-order valence-corrected chi connectivity index (χ0v) is 18.1. The van der Waals surface area contributed by atoms with E-state index in [0.29, 0.717) is 11.4 Å². The van der Waals surface area contributed by atoms with Crippen LogP contribution in [0.5, 0.6) is 5.75 Å². The van der Waals surface area contributed by atoms with Gasteiger partial charge in [-0.1, -0.05) is 29.8 Å². The molecule has 3 aromatic rings. The fourth-order valence-corrected chi connectivity index (χ4v) is 4.99. The number of rotatable bonds is 3. The van der Waals surface area contributed by atoms with Gasteiger partial charge in [-0.3, -0.25) is 9.69 Å². The number of para-hydroxylation sites is 1. The first-order chi connectivity index (χ1) is 14.5. The van der Waals surface area contributed by atoms with E-state index in [1.807, 2.05) is 43.4 Å². The Hall–Kier alpha value is -2.34. The molecule has 1 aliphatic carbocycles. The van der Waals surface area contributed by atoms with Crippen LogP contribution in [-0.4, -0.2) is 59.4 Å². The number of aryl methyl sites for hydroxylation is 1. The number of nitrogens with zero attached hydrogens (tertiary/aromatic N) is 3. The van der Waals surface area contributed by atoms with Crippen molar-refractivity contribution < 1.29 is 9.53 Å². The summed E-state index contributed by atoms with van der Waals surface area (Å²) >= 11 is 6.05. The molecule has 156 valence electrons. The molecule has 0 amide bonds. The number of hydrogen-bond donors (Lipinski definition) is 0. The minimum Gasteiger partial charge on any atom is -0.484 e. The SMILES string of the molecule is CN1CCN(C2C[C@@H](Oc3ccc(Cl)cc3)c3c(c4ccccc4n3C)C2=O)CC1. The number of piperazine rings is 1. The molecular formula is C24H26ClN3O2. The van der Waals surface area contributed by atoms with Gasteiger partial charge < -0.3 is 14.2 Å². The van der Waals surface area contributed by atoms with Gasteiger partial charge in [-0.2, -0.15) is 0 Å². The highest BCUT2D eigenvalue weighted by Gasteiger charge is 2.42. The molecule has 1 fully saturated rings. The Morgan fingerprint density at radius 2 is 1.67 bits per heavy atom. The first-order valence-electron chi connectivity index (χ1n) is 10.5. The van der Waals surface area contributed by atoms with Gasteiger partial charge in [-0.05, 0) is 37.4 Å². The van der Waals surface area contributed by atoms with Gasteiger partial charge in [0.2, 0.25) is 0 Å². The lowest BCUT2D eigenvalue weighted by atomic mass is 9.86. The van der Waals surface area contributed by atoms with E-state index in [0.717, 1.165) is 54.1 Å². The summed E-state index contributed by atoms with van der Waals surface area (Å²) in [6.45, 7) is 3.77. The van der Waals surface area contributed by atoms with Crippen LogP contribution in [0.25, 0.3) is 10.9 Å². The van der Waals surface area contributed by atoms with Crippen molar-refractivity contribution in [3.8, 4) is 5.75 Å². The van der Waals surface area contributed by atoms with Crippen molar-refractivity contribution >= 4 is 28.3 Å². The van der Waals surface area contributed by atoms with Crippen LogP contribution < -0.4 is 4.74 Å². The van der Waals surface area contributed by atoms with E-state index >= 15 is 0 Å². The van der Waals surface area contributed by atoms with Gasteiger partial charge in [0.15, 0.2) is 5.78 Å². The Morgan fingerprint density at radius 1 is 0.967 bits per heavy atom. The Balaban J connectivity index is 1.58. The maximum atomic E-state index is 13.7. The van der Waals surface area contributed by atoms with Crippen LogP contribution in [0.2, 0.25) is 5.02 Å². The summed E-state index contributed by atoms with van der Waals surface area (Å²) in [7, 11) is 4.16. The van der Waals surface area contributed by atoms with Crippen LogP contribution in [0.4, 0.5) is 0 Å². The molecule has 0 bridgehead atoms. The van der Waals surface area contributed by atoms with E-state index in [2.05, 4.69) is 33.5 Å². The van der Waals surface area contributed by atoms with Gasteiger partial charge in [-0.25, -0.2) is 0 Å². The lowest BCUT2D eigenvalue weighted by Crippen LogP contribution is -2.53. The summed E-state index contributed by atoms with van der Waals surface area (Å²) in [5.74, 6) is 0.995. The number of ketones is 1. The van der Waals surface area contributed by atoms with Crippen LogP contribution >= 0.6 is 11.6 Å². The molecule has 1 unspecified atom stereocenters. The van der Waals surface area contributed by atoms with Gasteiger partial charge >= 0.3 is 0 Å². The normalized spacial score (nSPS) is 23.0. The van der Waals surface area contributed by atoms with Crippen molar-refractivity contribution in [3.05, 3.63) is 64.8 Å². The van der Waals surface area contributed by atoms with Gasteiger partial charge in [-0.15, -0.1) is 0 Å². The minimum atomic E-state index is -0.194. The number of Topliss-reactive ketones (excluding diaryl/α,β-unsaturated/α-hetero) is 1. The summed E-state index contributed by atoms with van der Waals surface area (Å²) in [4.78, 5) is 18.4. The Labute approximate surface area is 181 Å². The number of halogens is 1. The molecule has 2 aromatic carbocycles. The molecule has 30 heavy (non-hydrogen) atoms. The largest absolute Gasteiger partial charge is 0.484 e. The molecule has 0 saturated carbocycles. The molecule has 5 rings (SSSR count). The predicted molar refractivity (Wildman–Crippen MR) is 120 cm³/mol. The monoisotopic (exact) mass is 423 g/mol. The molecule has 1 aromatic heterocycles. The Kier molecular flexibility index (Phi) is 5.05. The topological polar surface area (TPSA) is 37.7 Å². The summed E-state index contributed by atoms with van der Waals surface area (Å²) in [6.07, 6.45) is 0.462. The van der Waals surface area contributed by atoms with Crippen molar-refractivity contribution in [3.63, 3.8) is 0 Å². The van der Waals surface area contributed by atoms with Gasteiger partial charge in [0.25, 0.3) is 0 Å². The molecule has 2 aliphatic rings. The summed E-state index contributed by atoms with van der Waals surface area (Å²) in [5.41, 5.74) is 2.86. The van der Waals surface area contributed by atoms with Crippen molar-refractivity contribution in [1.82, 2.24) is 14.4 Å². The highest BCUT2D eigenvalue weighted by atomic mass is 35.5.